The van der Waals surface area contributed by atoms with Crippen molar-refractivity contribution >= 4 is 29.1 Å². The minimum absolute atomic E-state index is 0.329. The lowest BCUT2D eigenvalue weighted by Gasteiger charge is -1.94. The average molecular weight is 207 g/mol. The number of halogens is 1. The molecule has 0 saturated heterocycles. The second kappa shape index (κ2) is 3.81. The SMILES string of the molecule is O=C(CCl)Nc1nonc1[N+](=O)[O-]. The summed E-state index contributed by atoms with van der Waals surface area (Å²) in [6.07, 6.45) is 0. The quantitative estimate of drug-likeness (QED) is 0.428. The third-order valence-electron chi connectivity index (χ3n) is 1.02. The second-order valence-corrected chi connectivity index (χ2v) is 2.14. The minimum Gasteiger partial charge on any atom is -0.358 e. The number of hydrogen-bond donors (Lipinski definition) is 1. The van der Waals surface area contributed by atoms with Crippen molar-refractivity contribution in [3.63, 3.8) is 0 Å². The van der Waals surface area contributed by atoms with E-state index in [0.29, 0.717) is 0 Å². The molecule has 0 aromatic carbocycles. The molecule has 9 heteroatoms. The molecule has 70 valence electrons. The van der Waals surface area contributed by atoms with Crippen molar-refractivity contribution in [3.8, 4) is 0 Å². The highest BCUT2D eigenvalue weighted by Crippen LogP contribution is 2.17. The van der Waals surface area contributed by atoms with E-state index < -0.39 is 16.6 Å². The zero-order valence-electron chi connectivity index (χ0n) is 6.06. The smallest absolute Gasteiger partial charge is 0.358 e. The summed E-state index contributed by atoms with van der Waals surface area (Å²) in [7, 11) is 0. The minimum atomic E-state index is -0.833. The van der Waals surface area contributed by atoms with Gasteiger partial charge in [0.25, 0.3) is 5.82 Å². The molecule has 1 heterocycles. The first-order chi connectivity index (χ1) is 6.15. The van der Waals surface area contributed by atoms with Crippen LogP contribution in [0, 0.1) is 10.1 Å². The third-order valence-corrected chi connectivity index (χ3v) is 1.27. The van der Waals surface area contributed by atoms with E-state index in [9.17, 15) is 14.9 Å². The van der Waals surface area contributed by atoms with Crippen LogP contribution in [0.3, 0.4) is 0 Å². The molecule has 1 aromatic heterocycles. The molecule has 1 rings (SSSR count). The molecule has 0 unspecified atom stereocenters. The van der Waals surface area contributed by atoms with Gasteiger partial charge in [-0.1, -0.05) is 0 Å². The summed E-state index contributed by atoms with van der Waals surface area (Å²) < 4.78 is 4.05. The lowest BCUT2D eigenvalue weighted by atomic mass is 10.6. The highest BCUT2D eigenvalue weighted by molar-refractivity contribution is 6.29. The van der Waals surface area contributed by atoms with Crippen LogP contribution in [0.15, 0.2) is 4.63 Å². The maximum absolute atomic E-state index is 10.7. The molecular weight excluding hydrogens is 204 g/mol. The molecule has 0 fully saturated rings. The molecule has 0 bridgehead atoms. The van der Waals surface area contributed by atoms with Gasteiger partial charge in [0.2, 0.25) is 5.91 Å². The molecule has 0 aliphatic carbocycles. The number of carbonyl (C=O) groups excluding carboxylic acids is 1. The Morgan fingerprint density at radius 1 is 1.69 bits per heavy atom. The van der Waals surface area contributed by atoms with E-state index in [4.69, 9.17) is 11.6 Å². The predicted molar refractivity (Wildman–Crippen MR) is 40.3 cm³/mol. The van der Waals surface area contributed by atoms with Crippen molar-refractivity contribution in [2.75, 3.05) is 11.2 Å². The summed E-state index contributed by atoms with van der Waals surface area (Å²) in [5, 5.41) is 18.3. The van der Waals surface area contributed by atoms with Crippen LogP contribution in [0.4, 0.5) is 11.6 Å². The Hall–Kier alpha value is -1.70. The standard InChI is InChI=1S/C4H3ClN4O4/c5-1-2(10)6-3-4(9(11)12)8-13-7-3/h1H2,(H,6,7,10). The van der Waals surface area contributed by atoms with Gasteiger partial charge in [0.1, 0.15) is 5.88 Å². The van der Waals surface area contributed by atoms with Gasteiger partial charge in [-0.15, -0.1) is 16.2 Å². The van der Waals surface area contributed by atoms with Crippen molar-refractivity contribution in [2.24, 2.45) is 0 Å². The predicted octanol–water partition coefficient (Wildman–Crippen LogP) is 0.155. The lowest BCUT2D eigenvalue weighted by Crippen LogP contribution is -2.13. The third kappa shape index (κ3) is 2.12. The highest BCUT2D eigenvalue weighted by atomic mass is 35.5. The number of amides is 1. The van der Waals surface area contributed by atoms with Crippen LogP contribution in [0.2, 0.25) is 0 Å². The number of nitrogens with one attached hydrogen (secondary N) is 1. The van der Waals surface area contributed by atoms with Gasteiger partial charge in [-0.3, -0.25) is 10.1 Å². The monoisotopic (exact) mass is 206 g/mol. The van der Waals surface area contributed by atoms with Crippen LogP contribution in [0.1, 0.15) is 0 Å². The van der Waals surface area contributed by atoms with E-state index in [1.807, 2.05) is 5.32 Å². The molecule has 0 saturated carbocycles. The Morgan fingerprint density at radius 2 is 2.38 bits per heavy atom. The van der Waals surface area contributed by atoms with Crippen LogP contribution in [0.25, 0.3) is 0 Å². The van der Waals surface area contributed by atoms with Gasteiger partial charge in [-0.25, -0.2) is 0 Å². The first-order valence-corrected chi connectivity index (χ1v) is 3.51. The van der Waals surface area contributed by atoms with Crippen LogP contribution in [-0.4, -0.2) is 27.0 Å². The molecule has 13 heavy (non-hydrogen) atoms. The van der Waals surface area contributed by atoms with Crippen molar-refractivity contribution in [1.29, 1.82) is 0 Å². The zero-order chi connectivity index (χ0) is 9.84. The lowest BCUT2D eigenvalue weighted by molar-refractivity contribution is -0.390. The summed E-state index contributed by atoms with van der Waals surface area (Å²) in [4.78, 5) is 20.1. The van der Waals surface area contributed by atoms with Gasteiger partial charge in [-0.2, -0.15) is 0 Å². The summed E-state index contributed by atoms with van der Waals surface area (Å²) in [5.41, 5.74) is 0. The highest BCUT2D eigenvalue weighted by Gasteiger charge is 2.23. The molecule has 1 aromatic rings. The van der Waals surface area contributed by atoms with Gasteiger partial charge in [0.05, 0.1) is 0 Å². The number of carbonyl (C=O) groups is 1. The summed E-state index contributed by atoms with van der Waals surface area (Å²) in [6, 6.07) is 0. The zero-order valence-corrected chi connectivity index (χ0v) is 6.82. The molecule has 0 atom stereocenters. The van der Waals surface area contributed by atoms with Crippen LogP contribution >= 0.6 is 11.6 Å². The Bertz CT molecular complexity index is 337. The van der Waals surface area contributed by atoms with Gasteiger partial charge < -0.3 is 10.1 Å². The van der Waals surface area contributed by atoms with E-state index in [-0.39, 0.29) is 11.7 Å². The van der Waals surface area contributed by atoms with Crippen molar-refractivity contribution in [3.05, 3.63) is 10.1 Å². The number of anilines is 1. The Kier molecular flexibility index (Phi) is 2.75. The fraction of sp³-hybridized carbons (Fsp3) is 0.250. The largest absolute Gasteiger partial charge is 0.459 e. The van der Waals surface area contributed by atoms with Gasteiger partial charge >= 0.3 is 5.82 Å². The molecule has 1 amide bonds. The fourth-order valence-corrected chi connectivity index (χ4v) is 0.615. The van der Waals surface area contributed by atoms with Crippen LogP contribution < -0.4 is 5.32 Å². The summed E-state index contributed by atoms with van der Waals surface area (Å²) in [6.45, 7) is 0. The Balaban J connectivity index is 2.82. The molecule has 0 radical (unpaired) electrons. The van der Waals surface area contributed by atoms with E-state index in [0.717, 1.165) is 0 Å². The number of hydrogen-bond acceptors (Lipinski definition) is 6. The van der Waals surface area contributed by atoms with Crippen molar-refractivity contribution < 1.29 is 14.3 Å². The number of aromatic nitrogens is 2. The van der Waals surface area contributed by atoms with Gasteiger partial charge in [0, 0.05) is 5.16 Å². The first-order valence-electron chi connectivity index (χ1n) is 2.98. The first kappa shape index (κ1) is 9.39. The fourth-order valence-electron chi connectivity index (χ4n) is 0.548. The van der Waals surface area contributed by atoms with E-state index >= 15 is 0 Å². The molecular formula is C4H3ClN4O4. The molecule has 1 N–H and O–H groups in total. The number of alkyl halides is 1. The normalized spacial score (nSPS) is 9.62. The molecule has 0 spiro atoms. The maximum atomic E-state index is 10.7. The van der Waals surface area contributed by atoms with E-state index in [1.165, 1.54) is 0 Å². The number of rotatable bonds is 3. The number of nitrogens with zero attached hydrogens (tertiary/aromatic N) is 3. The van der Waals surface area contributed by atoms with Crippen LogP contribution in [0.5, 0.6) is 0 Å². The maximum Gasteiger partial charge on any atom is 0.459 e. The second-order valence-electron chi connectivity index (χ2n) is 1.88. The average Bonchev–Trinajstić information content (AvgIpc) is 2.52. The van der Waals surface area contributed by atoms with Crippen LogP contribution in [-0.2, 0) is 4.79 Å². The topological polar surface area (TPSA) is 111 Å². The van der Waals surface area contributed by atoms with E-state index in [2.05, 4.69) is 14.9 Å². The number of nitro groups is 1. The molecule has 0 aliphatic rings. The molecule has 0 aliphatic heterocycles. The van der Waals surface area contributed by atoms with Gasteiger partial charge in [-0.05, 0) is 4.92 Å². The Labute approximate surface area is 76.0 Å². The van der Waals surface area contributed by atoms with Gasteiger partial charge in [0.15, 0.2) is 5.16 Å². The van der Waals surface area contributed by atoms with Crippen molar-refractivity contribution in [1.82, 2.24) is 10.3 Å². The summed E-state index contributed by atoms with van der Waals surface area (Å²) >= 11 is 5.14. The van der Waals surface area contributed by atoms with Crippen molar-refractivity contribution in [2.45, 2.75) is 0 Å². The Morgan fingerprint density at radius 3 is 2.92 bits per heavy atom. The van der Waals surface area contributed by atoms with E-state index in [1.54, 1.807) is 0 Å². The summed E-state index contributed by atoms with van der Waals surface area (Å²) in [5.74, 6) is -1.96. The molecule has 8 nitrogen and oxygen atoms in total.